The summed E-state index contributed by atoms with van der Waals surface area (Å²) in [5, 5.41) is 0.424. The molecular weight excluding hydrogens is 556 g/mol. The summed E-state index contributed by atoms with van der Waals surface area (Å²) in [5.41, 5.74) is 1.41. The minimum Gasteiger partial charge on any atom is -0.468 e. The third kappa shape index (κ3) is 13.4. The van der Waals surface area contributed by atoms with E-state index in [0.29, 0.717) is 41.7 Å². The molecule has 0 aliphatic heterocycles. The quantitative estimate of drug-likeness (QED) is 0.102. The number of benzene rings is 2. The molecule has 228 valence electrons. The van der Waals surface area contributed by atoms with Gasteiger partial charge in [-0.1, -0.05) is 64.1 Å². The number of carbonyl (C=O) groups excluding carboxylic acids is 2. The topological polar surface area (TPSA) is 68.3 Å². The lowest BCUT2D eigenvalue weighted by atomic mass is 9.95. The SMILES string of the molecule is CN(C(=O)CN(Cc1cccc(C(=O)OC(C)(C)C)c1)CC(C)(C)C)c1ccc(OCOCC[Si](C)(C)C)cc1Cl. The van der Waals surface area contributed by atoms with E-state index in [0.717, 1.165) is 11.6 Å². The molecule has 0 saturated heterocycles. The minimum atomic E-state index is -1.15. The molecule has 41 heavy (non-hydrogen) atoms. The second kappa shape index (κ2) is 14.7. The second-order valence-electron chi connectivity index (χ2n) is 14.0. The molecule has 0 atom stereocenters. The lowest BCUT2D eigenvalue weighted by Crippen LogP contribution is -2.41. The standard InChI is InChI=1S/C32H49ClN2O5Si/c1-31(2,3)22-35(20-24-12-11-13-25(18-24)30(37)40-32(4,5)6)21-29(36)34(7)28-15-14-26(19-27(28)33)39-23-38-16-17-41(8,9)10/h11-15,18-19H,16-17,20-23H2,1-10H3. The van der Waals surface area contributed by atoms with Crippen LogP contribution < -0.4 is 9.64 Å². The summed E-state index contributed by atoms with van der Waals surface area (Å²) < 4.78 is 16.8. The van der Waals surface area contributed by atoms with E-state index >= 15 is 0 Å². The molecule has 0 aliphatic carbocycles. The molecule has 0 bridgehead atoms. The zero-order valence-corrected chi connectivity index (χ0v) is 28.4. The van der Waals surface area contributed by atoms with Gasteiger partial charge in [-0.15, -0.1) is 0 Å². The summed E-state index contributed by atoms with van der Waals surface area (Å²) in [6.45, 7) is 21.1. The Hall–Kier alpha value is -2.39. The van der Waals surface area contributed by atoms with Crippen LogP contribution in [0.4, 0.5) is 5.69 Å². The van der Waals surface area contributed by atoms with Gasteiger partial charge >= 0.3 is 5.97 Å². The third-order valence-corrected chi connectivity index (χ3v) is 7.99. The van der Waals surface area contributed by atoms with Gasteiger partial charge in [-0.05, 0) is 62.1 Å². The molecule has 0 aliphatic rings. The maximum absolute atomic E-state index is 13.4. The van der Waals surface area contributed by atoms with Crippen molar-refractivity contribution in [3.63, 3.8) is 0 Å². The summed E-state index contributed by atoms with van der Waals surface area (Å²) in [5.74, 6) is 0.132. The van der Waals surface area contributed by atoms with Crippen LogP contribution in [0, 0.1) is 5.41 Å². The van der Waals surface area contributed by atoms with E-state index in [4.69, 9.17) is 25.8 Å². The van der Waals surface area contributed by atoms with Gasteiger partial charge in [-0.25, -0.2) is 4.79 Å². The number of esters is 1. The van der Waals surface area contributed by atoms with Gasteiger partial charge in [0.2, 0.25) is 5.91 Å². The smallest absolute Gasteiger partial charge is 0.338 e. The molecule has 0 heterocycles. The zero-order chi connectivity index (χ0) is 31.0. The van der Waals surface area contributed by atoms with Crippen LogP contribution in [-0.4, -0.2) is 64.0 Å². The molecule has 2 rings (SSSR count). The molecule has 9 heteroatoms. The van der Waals surface area contributed by atoms with Crippen LogP contribution in [0.5, 0.6) is 5.75 Å². The maximum atomic E-state index is 13.4. The Bertz CT molecular complexity index is 1170. The summed E-state index contributed by atoms with van der Waals surface area (Å²) >= 11 is 6.57. The van der Waals surface area contributed by atoms with Gasteiger partial charge in [-0.3, -0.25) is 9.69 Å². The fourth-order valence-corrected chi connectivity index (χ4v) is 5.11. The van der Waals surface area contributed by atoms with Gasteiger partial charge in [0.25, 0.3) is 0 Å². The molecule has 0 radical (unpaired) electrons. The second-order valence-corrected chi connectivity index (χ2v) is 20.0. The minimum absolute atomic E-state index is 0.0462. The molecule has 2 aromatic carbocycles. The van der Waals surface area contributed by atoms with Gasteiger partial charge in [0.05, 0.1) is 22.8 Å². The number of carbonyl (C=O) groups is 2. The Balaban J connectivity index is 2.08. The highest BCUT2D eigenvalue weighted by Gasteiger charge is 2.23. The van der Waals surface area contributed by atoms with Crippen LogP contribution in [-0.2, 0) is 20.8 Å². The Morgan fingerprint density at radius 3 is 2.24 bits per heavy atom. The lowest BCUT2D eigenvalue weighted by Gasteiger charge is -2.31. The monoisotopic (exact) mass is 604 g/mol. The fourth-order valence-electron chi connectivity index (χ4n) is 4.06. The number of ether oxygens (including phenoxy) is 3. The number of hydrogen-bond donors (Lipinski definition) is 0. The van der Waals surface area contributed by atoms with E-state index in [1.54, 1.807) is 36.2 Å². The molecule has 0 fully saturated rings. The van der Waals surface area contributed by atoms with Crippen molar-refractivity contribution in [2.75, 3.05) is 38.4 Å². The maximum Gasteiger partial charge on any atom is 0.338 e. The summed E-state index contributed by atoms with van der Waals surface area (Å²) in [6.07, 6.45) is 0. The first-order valence-electron chi connectivity index (χ1n) is 14.1. The number of nitrogens with zero attached hydrogens (tertiary/aromatic N) is 2. The Kier molecular flexibility index (Phi) is 12.5. The van der Waals surface area contributed by atoms with E-state index in [2.05, 4.69) is 45.3 Å². The summed E-state index contributed by atoms with van der Waals surface area (Å²) in [4.78, 5) is 29.7. The average Bonchev–Trinajstić information content (AvgIpc) is 2.81. The van der Waals surface area contributed by atoms with Gasteiger partial charge in [0.15, 0.2) is 6.79 Å². The third-order valence-electron chi connectivity index (χ3n) is 5.98. The van der Waals surface area contributed by atoms with Crippen molar-refractivity contribution < 1.29 is 23.8 Å². The highest BCUT2D eigenvalue weighted by Crippen LogP contribution is 2.30. The largest absolute Gasteiger partial charge is 0.468 e. The van der Waals surface area contributed by atoms with E-state index in [-0.39, 0.29) is 30.6 Å². The van der Waals surface area contributed by atoms with Gasteiger partial charge in [0, 0.05) is 40.9 Å². The van der Waals surface area contributed by atoms with Crippen molar-refractivity contribution in [2.24, 2.45) is 5.41 Å². The Morgan fingerprint density at radius 1 is 0.976 bits per heavy atom. The molecule has 0 spiro atoms. The average molecular weight is 605 g/mol. The molecule has 0 aromatic heterocycles. The van der Waals surface area contributed by atoms with Crippen molar-refractivity contribution in [2.45, 2.75) is 79.4 Å². The first-order valence-corrected chi connectivity index (χ1v) is 18.2. The molecule has 0 saturated carbocycles. The van der Waals surface area contributed by atoms with Crippen LogP contribution in [0.2, 0.25) is 30.7 Å². The molecule has 0 N–H and O–H groups in total. The Labute approximate surface area is 253 Å². The van der Waals surface area contributed by atoms with Crippen molar-refractivity contribution in [1.29, 1.82) is 0 Å². The van der Waals surface area contributed by atoms with Crippen molar-refractivity contribution in [3.05, 3.63) is 58.6 Å². The fraction of sp³-hybridized carbons (Fsp3) is 0.562. The van der Waals surface area contributed by atoms with Gasteiger partial charge in [-0.2, -0.15) is 0 Å². The normalized spacial score (nSPS) is 12.4. The molecule has 2 aromatic rings. The molecule has 1 amide bonds. The van der Waals surface area contributed by atoms with E-state index < -0.39 is 13.7 Å². The van der Waals surface area contributed by atoms with E-state index in [1.807, 2.05) is 39.0 Å². The zero-order valence-electron chi connectivity index (χ0n) is 26.6. The lowest BCUT2D eigenvalue weighted by molar-refractivity contribution is -0.119. The van der Waals surface area contributed by atoms with Crippen LogP contribution >= 0.6 is 11.6 Å². The van der Waals surface area contributed by atoms with Gasteiger partial charge < -0.3 is 19.1 Å². The molecule has 7 nitrogen and oxygen atoms in total. The van der Waals surface area contributed by atoms with Crippen molar-refractivity contribution >= 4 is 37.2 Å². The Morgan fingerprint density at radius 2 is 1.66 bits per heavy atom. The van der Waals surface area contributed by atoms with E-state index in [1.165, 1.54) is 0 Å². The molecule has 0 unspecified atom stereocenters. The first kappa shape index (κ1) is 34.8. The number of halogens is 1. The van der Waals surface area contributed by atoms with E-state index in [9.17, 15) is 9.59 Å². The summed E-state index contributed by atoms with van der Waals surface area (Å²) in [7, 11) is 0.574. The highest BCUT2D eigenvalue weighted by molar-refractivity contribution is 6.76. The first-order chi connectivity index (χ1) is 18.8. The molecular formula is C32H49ClN2O5Si. The van der Waals surface area contributed by atoms with Crippen molar-refractivity contribution in [3.8, 4) is 5.75 Å². The van der Waals surface area contributed by atoms with Crippen LogP contribution in [0.3, 0.4) is 0 Å². The van der Waals surface area contributed by atoms with Crippen LogP contribution in [0.15, 0.2) is 42.5 Å². The number of likely N-dealkylation sites (N-methyl/N-ethyl adjacent to an activating group) is 1. The summed E-state index contributed by atoms with van der Waals surface area (Å²) in [6, 6.07) is 13.8. The van der Waals surface area contributed by atoms with Crippen molar-refractivity contribution in [1.82, 2.24) is 4.90 Å². The predicted molar refractivity (Wildman–Crippen MR) is 171 cm³/mol. The number of anilines is 1. The number of amides is 1. The van der Waals surface area contributed by atoms with Crippen LogP contribution in [0.25, 0.3) is 0 Å². The number of hydrogen-bond acceptors (Lipinski definition) is 6. The van der Waals surface area contributed by atoms with Crippen LogP contribution in [0.1, 0.15) is 57.5 Å². The van der Waals surface area contributed by atoms with Gasteiger partial charge in [0.1, 0.15) is 11.4 Å². The predicted octanol–water partition coefficient (Wildman–Crippen LogP) is 7.50. The highest BCUT2D eigenvalue weighted by atomic mass is 35.5. The number of rotatable bonds is 13.